The lowest BCUT2D eigenvalue weighted by atomic mass is 9.72. The van der Waals surface area contributed by atoms with Gasteiger partial charge in [0.2, 0.25) is 5.91 Å². The van der Waals surface area contributed by atoms with Crippen LogP contribution in [0.2, 0.25) is 0 Å². The van der Waals surface area contributed by atoms with Crippen molar-refractivity contribution < 1.29 is 13.9 Å². The number of rotatable bonds is 4. The maximum Gasteiger partial charge on any atom is 0.233 e. The quantitative estimate of drug-likeness (QED) is 0.830. The molecule has 1 atom stereocenters. The second kappa shape index (κ2) is 7.80. The number of aromatic nitrogens is 2. The van der Waals surface area contributed by atoms with Gasteiger partial charge in [0.25, 0.3) is 0 Å². The number of benzene rings is 1. The minimum absolute atomic E-state index is 0.174. The van der Waals surface area contributed by atoms with E-state index in [2.05, 4.69) is 9.55 Å². The SMILES string of the molecule is O=C(N1CCC[C@H](Cn2ccnc2)C1)C1(c2ccc(F)cc2)CCOCC1. The third-order valence-corrected chi connectivity index (χ3v) is 5.99. The van der Waals surface area contributed by atoms with E-state index in [1.54, 1.807) is 18.3 Å². The van der Waals surface area contributed by atoms with E-state index in [0.717, 1.165) is 38.0 Å². The molecule has 2 saturated heterocycles. The molecule has 0 unspecified atom stereocenters. The van der Waals surface area contributed by atoms with Crippen LogP contribution in [0, 0.1) is 11.7 Å². The van der Waals surface area contributed by atoms with Gasteiger partial charge in [-0.25, -0.2) is 9.37 Å². The van der Waals surface area contributed by atoms with Crippen LogP contribution in [-0.2, 0) is 21.5 Å². The van der Waals surface area contributed by atoms with E-state index in [1.807, 2.05) is 17.4 Å². The van der Waals surface area contributed by atoms with Gasteiger partial charge in [-0.3, -0.25) is 4.79 Å². The third kappa shape index (κ3) is 3.76. The van der Waals surface area contributed by atoms with Gasteiger partial charge in [0.05, 0.1) is 11.7 Å². The van der Waals surface area contributed by atoms with Crippen LogP contribution >= 0.6 is 0 Å². The van der Waals surface area contributed by atoms with E-state index in [-0.39, 0.29) is 11.7 Å². The van der Waals surface area contributed by atoms with E-state index < -0.39 is 5.41 Å². The van der Waals surface area contributed by atoms with Crippen LogP contribution in [0.5, 0.6) is 0 Å². The molecule has 0 bridgehead atoms. The van der Waals surface area contributed by atoms with Crippen LogP contribution in [0.4, 0.5) is 4.39 Å². The van der Waals surface area contributed by atoms with E-state index in [9.17, 15) is 9.18 Å². The first-order valence-corrected chi connectivity index (χ1v) is 9.76. The molecule has 2 aliphatic heterocycles. The lowest BCUT2D eigenvalue weighted by Crippen LogP contribution is -2.52. The molecule has 1 aromatic heterocycles. The minimum Gasteiger partial charge on any atom is -0.381 e. The number of amides is 1. The normalized spacial score (nSPS) is 22.6. The summed E-state index contributed by atoms with van der Waals surface area (Å²) in [5, 5.41) is 0. The van der Waals surface area contributed by atoms with Crippen LogP contribution in [0.15, 0.2) is 43.0 Å². The van der Waals surface area contributed by atoms with Crippen molar-refractivity contribution in [2.75, 3.05) is 26.3 Å². The predicted octanol–water partition coefficient (Wildman–Crippen LogP) is 3.01. The van der Waals surface area contributed by atoms with Crippen LogP contribution in [0.1, 0.15) is 31.2 Å². The zero-order valence-corrected chi connectivity index (χ0v) is 15.5. The zero-order valence-electron chi connectivity index (χ0n) is 15.5. The summed E-state index contributed by atoms with van der Waals surface area (Å²) in [4.78, 5) is 19.8. The first-order chi connectivity index (χ1) is 13.2. The van der Waals surface area contributed by atoms with E-state index >= 15 is 0 Å². The van der Waals surface area contributed by atoms with Crippen molar-refractivity contribution >= 4 is 5.91 Å². The largest absolute Gasteiger partial charge is 0.381 e. The number of hydrogen-bond acceptors (Lipinski definition) is 3. The first kappa shape index (κ1) is 18.2. The lowest BCUT2D eigenvalue weighted by molar-refractivity contribution is -0.143. The Kier molecular flexibility index (Phi) is 5.25. The lowest BCUT2D eigenvalue weighted by Gasteiger charge is -2.43. The summed E-state index contributed by atoms with van der Waals surface area (Å²) in [6.07, 6.45) is 9.03. The summed E-state index contributed by atoms with van der Waals surface area (Å²) in [5.74, 6) is 0.335. The molecule has 4 rings (SSSR count). The van der Waals surface area contributed by atoms with Gasteiger partial charge >= 0.3 is 0 Å². The fraction of sp³-hybridized carbons (Fsp3) is 0.524. The Morgan fingerprint density at radius 1 is 1.26 bits per heavy atom. The molecule has 0 saturated carbocycles. The Morgan fingerprint density at radius 2 is 2.04 bits per heavy atom. The molecule has 5 nitrogen and oxygen atoms in total. The van der Waals surface area contributed by atoms with Crippen LogP contribution in [-0.4, -0.2) is 46.7 Å². The summed E-state index contributed by atoms with van der Waals surface area (Å²) in [6, 6.07) is 6.45. The number of carbonyl (C=O) groups excluding carboxylic acids is 1. The molecule has 2 aliphatic rings. The molecular formula is C21H26FN3O2. The molecule has 144 valence electrons. The molecule has 2 fully saturated rings. The van der Waals surface area contributed by atoms with Crippen molar-refractivity contribution in [2.24, 2.45) is 5.92 Å². The minimum atomic E-state index is -0.594. The third-order valence-electron chi connectivity index (χ3n) is 5.99. The van der Waals surface area contributed by atoms with Gasteiger partial charge in [0.1, 0.15) is 5.82 Å². The van der Waals surface area contributed by atoms with Crippen LogP contribution < -0.4 is 0 Å². The number of hydrogen-bond donors (Lipinski definition) is 0. The summed E-state index contributed by atoms with van der Waals surface area (Å²) < 4.78 is 21.1. The topological polar surface area (TPSA) is 47.4 Å². The molecule has 6 heteroatoms. The Bertz CT molecular complexity index is 754. The standard InChI is InChI=1S/C21H26FN3O2/c22-19-5-3-18(4-6-19)21(7-12-27-13-8-21)20(26)25-10-1-2-17(15-25)14-24-11-9-23-16-24/h3-6,9,11,16-17H,1-2,7-8,10,12-15H2/t17-/m1/s1. The highest BCUT2D eigenvalue weighted by molar-refractivity contribution is 5.88. The number of carbonyl (C=O) groups is 1. The predicted molar refractivity (Wildman–Crippen MR) is 99.7 cm³/mol. The zero-order chi connectivity index (χ0) is 18.7. The summed E-state index contributed by atoms with van der Waals surface area (Å²) >= 11 is 0. The first-order valence-electron chi connectivity index (χ1n) is 9.76. The maximum absolute atomic E-state index is 13.7. The second-order valence-corrected chi connectivity index (χ2v) is 7.72. The van der Waals surface area contributed by atoms with Gasteiger partial charge in [0, 0.05) is 45.2 Å². The molecule has 1 aromatic carbocycles. The van der Waals surface area contributed by atoms with Crippen molar-refractivity contribution in [3.05, 3.63) is 54.4 Å². The number of likely N-dealkylation sites (tertiary alicyclic amines) is 1. The van der Waals surface area contributed by atoms with Gasteiger partial charge in [-0.1, -0.05) is 12.1 Å². The Hall–Kier alpha value is -2.21. The van der Waals surface area contributed by atoms with Gasteiger partial charge in [-0.05, 0) is 49.3 Å². The van der Waals surface area contributed by atoms with Crippen molar-refractivity contribution in [3.8, 4) is 0 Å². The molecule has 1 amide bonds. The molecule has 0 spiro atoms. The number of nitrogens with zero attached hydrogens (tertiary/aromatic N) is 3. The number of imidazole rings is 1. The summed E-state index contributed by atoms with van der Waals surface area (Å²) in [5.41, 5.74) is 0.317. The monoisotopic (exact) mass is 371 g/mol. The Morgan fingerprint density at radius 3 is 2.74 bits per heavy atom. The molecule has 2 aromatic rings. The Balaban J connectivity index is 1.54. The fourth-order valence-electron chi connectivity index (χ4n) is 4.51. The highest BCUT2D eigenvalue weighted by Crippen LogP contribution is 2.38. The van der Waals surface area contributed by atoms with Gasteiger partial charge < -0.3 is 14.2 Å². The van der Waals surface area contributed by atoms with Crippen molar-refractivity contribution in [1.29, 1.82) is 0 Å². The van der Waals surface area contributed by atoms with Crippen LogP contribution in [0.25, 0.3) is 0 Å². The van der Waals surface area contributed by atoms with Crippen molar-refractivity contribution in [3.63, 3.8) is 0 Å². The van der Waals surface area contributed by atoms with E-state index in [4.69, 9.17) is 4.74 Å². The molecule has 0 aliphatic carbocycles. The van der Waals surface area contributed by atoms with Crippen molar-refractivity contribution in [1.82, 2.24) is 14.5 Å². The van der Waals surface area contributed by atoms with E-state index in [0.29, 0.717) is 32.0 Å². The molecular weight excluding hydrogens is 345 g/mol. The smallest absolute Gasteiger partial charge is 0.233 e. The molecule has 3 heterocycles. The maximum atomic E-state index is 13.7. The second-order valence-electron chi connectivity index (χ2n) is 7.72. The van der Waals surface area contributed by atoms with Gasteiger partial charge in [-0.2, -0.15) is 0 Å². The van der Waals surface area contributed by atoms with E-state index in [1.165, 1.54) is 12.1 Å². The fourth-order valence-corrected chi connectivity index (χ4v) is 4.51. The van der Waals surface area contributed by atoms with Crippen molar-refractivity contribution in [2.45, 2.75) is 37.6 Å². The summed E-state index contributed by atoms with van der Waals surface area (Å²) in [6.45, 7) is 3.57. The van der Waals surface area contributed by atoms with Gasteiger partial charge in [0.15, 0.2) is 0 Å². The highest BCUT2D eigenvalue weighted by atomic mass is 19.1. The number of piperidine rings is 1. The Labute approximate surface area is 159 Å². The number of halogens is 1. The molecule has 0 radical (unpaired) electrons. The molecule has 27 heavy (non-hydrogen) atoms. The molecule has 0 N–H and O–H groups in total. The average molecular weight is 371 g/mol. The summed E-state index contributed by atoms with van der Waals surface area (Å²) in [7, 11) is 0. The average Bonchev–Trinajstić information content (AvgIpc) is 3.22. The van der Waals surface area contributed by atoms with Gasteiger partial charge in [-0.15, -0.1) is 0 Å². The highest BCUT2D eigenvalue weighted by Gasteiger charge is 2.44. The number of ether oxygens (including phenoxy) is 1. The van der Waals surface area contributed by atoms with Crippen LogP contribution in [0.3, 0.4) is 0 Å².